The molecule has 0 aliphatic heterocycles. The zero-order chi connectivity index (χ0) is 9.97. The lowest BCUT2D eigenvalue weighted by Crippen LogP contribution is -2.05. The van der Waals surface area contributed by atoms with Crippen LogP contribution in [0.25, 0.3) is 10.8 Å². The molecule has 0 bridgehead atoms. The van der Waals surface area contributed by atoms with Crippen molar-refractivity contribution >= 4 is 27.3 Å². The quantitative estimate of drug-likeness (QED) is 0.934. The van der Waals surface area contributed by atoms with Gasteiger partial charge in [-0.2, -0.15) is 0 Å². The molecule has 2 rings (SSSR count). The second-order valence-corrected chi connectivity index (χ2v) is 5.06. The molecule has 0 aromatic carbocycles. The number of halogens is 1. The SMILES string of the molecule is CNCc1nc(-c2ccco2)sc1Br. The van der Waals surface area contributed by atoms with Crippen molar-refractivity contribution in [1.29, 1.82) is 0 Å². The van der Waals surface area contributed by atoms with Gasteiger partial charge < -0.3 is 9.73 Å². The smallest absolute Gasteiger partial charge is 0.162 e. The average Bonchev–Trinajstić information content (AvgIpc) is 2.76. The van der Waals surface area contributed by atoms with Crippen LogP contribution in [-0.4, -0.2) is 12.0 Å². The van der Waals surface area contributed by atoms with Crippen molar-refractivity contribution in [3.63, 3.8) is 0 Å². The van der Waals surface area contributed by atoms with Gasteiger partial charge in [0.05, 0.1) is 15.7 Å². The summed E-state index contributed by atoms with van der Waals surface area (Å²) < 4.78 is 6.33. The lowest BCUT2D eigenvalue weighted by molar-refractivity contribution is 0.581. The lowest BCUT2D eigenvalue weighted by Gasteiger charge is -1.92. The standard InChI is InChI=1S/C9H9BrN2OS/c1-11-5-6-8(10)14-9(12-6)7-3-2-4-13-7/h2-4,11H,5H2,1H3. The van der Waals surface area contributed by atoms with E-state index in [1.807, 2.05) is 19.2 Å². The number of nitrogens with zero attached hydrogens (tertiary/aromatic N) is 1. The van der Waals surface area contributed by atoms with Crippen molar-refractivity contribution in [1.82, 2.24) is 10.3 Å². The first-order chi connectivity index (χ1) is 6.81. The molecule has 2 heterocycles. The number of thiazole rings is 1. The van der Waals surface area contributed by atoms with Crippen LogP contribution in [-0.2, 0) is 6.54 Å². The average molecular weight is 273 g/mol. The molecule has 1 N–H and O–H groups in total. The van der Waals surface area contributed by atoms with E-state index in [2.05, 4.69) is 26.2 Å². The van der Waals surface area contributed by atoms with E-state index in [0.717, 1.165) is 26.8 Å². The van der Waals surface area contributed by atoms with Crippen molar-refractivity contribution in [3.8, 4) is 10.8 Å². The molecule has 0 aliphatic rings. The molecule has 2 aromatic heterocycles. The summed E-state index contributed by atoms with van der Waals surface area (Å²) in [6.07, 6.45) is 1.66. The van der Waals surface area contributed by atoms with Gasteiger partial charge in [0, 0.05) is 6.54 Å². The molecule has 0 spiro atoms. The Bertz CT molecular complexity index is 410. The highest BCUT2D eigenvalue weighted by atomic mass is 79.9. The predicted molar refractivity (Wildman–Crippen MR) is 60.3 cm³/mol. The van der Waals surface area contributed by atoms with Crippen molar-refractivity contribution in [2.75, 3.05) is 7.05 Å². The number of furan rings is 1. The van der Waals surface area contributed by atoms with Crippen LogP contribution in [0.2, 0.25) is 0 Å². The fraction of sp³-hybridized carbons (Fsp3) is 0.222. The fourth-order valence-electron chi connectivity index (χ4n) is 1.12. The van der Waals surface area contributed by atoms with Crippen LogP contribution in [0.3, 0.4) is 0 Å². The molecule has 74 valence electrons. The number of rotatable bonds is 3. The van der Waals surface area contributed by atoms with Crippen LogP contribution < -0.4 is 5.32 Å². The largest absolute Gasteiger partial charge is 0.462 e. The molecular formula is C9H9BrN2OS. The van der Waals surface area contributed by atoms with Crippen LogP contribution in [0, 0.1) is 0 Å². The normalized spacial score (nSPS) is 10.7. The molecule has 2 aromatic rings. The van der Waals surface area contributed by atoms with Crippen LogP contribution >= 0.6 is 27.3 Å². The number of hydrogen-bond acceptors (Lipinski definition) is 4. The Balaban J connectivity index is 2.33. The molecule has 0 aliphatic carbocycles. The van der Waals surface area contributed by atoms with Crippen molar-refractivity contribution in [2.24, 2.45) is 0 Å². The van der Waals surface area contributed by atoms with Crippen LogP contribution in [0.4, 0.5) is 0 Å². The molecule has 0 radical (unpaired) electrons. The minimum absolute atomic E-state index is 0.762. The molecule has 0 fully saturated rings. The predicted octanol–water partition coefficient (Wildman–Crippen LogP) is 2.89. The van der Waals surface area contributed by atoms with Crippen LogP contribution in [0.5, 0.6) is 0 Å². The Morgan fingerprint density at radius 3 is 3.14 bits per heavy atom. The Hall–Kier alpha value is -0.650. The van der Waals surface area contributed by atoms with Gasteiger partial charge in [0.2, 0.25) is 0 Å². The van der Waals surface area contributed by atoms with Crippen molar-refractivity contribution < 1.29 is 4.42 Å². The van der Waals surface area contributed by atoms with E-state index in [4.69, 9.17) is 4.42 Å². The minimum Gasteiger partial charge on any atom is -0.462 e. The lowest BCUT2D eigenvalue weighted by atomic mass is 10.4. The van der Waals surface area contributed by atoms with Gasteiger partial charge in [0.15, 0.2) is 10.8 Å². The zero-order valence-electron chi connectivity index (χ0n) is 7.58. The maximum atomic E-state index is 5.27. The van der Waals surface area contributed by atoms with E-state index in [1.165, 1.54) is 0 Å². The summed E-state index contributed by atoms with van der Waals surface area (Å²) in [5, 5.41) is 3.98. The van der Waals surface area contributed by atoms with E-state index >= 15 is 0 Å². The summed E-state index contributed by atoms with van der Waals surface area (Å²) in [4.78, 5) is 4.46. The van der Waals surface area contributed by atoms with Gasteiger partial charge in [0.25, 0.3) is 0 Å². The molecule has 0 unspecified atom stereocenters. The fourth-order valence-corrected chi connectivity index (χ4v) is 2.58. The summed E-state index contributed by atoms with van der Waals surface area (Å²) in [7, 11) is 1.90. The Morgan fingerprint density at radius 2 is 2.50 bits per heavy atom. The molecule has 0 saturated carbocycles. The molecule has 14 heavy (non-hydrogen) atoms. The van der Waals surface area contributed by atoms with Gasteiger partial charge in [-0.25, -0.2) is 4.98 Å². The van der Waals surface area contributed by atoms with Gasteiger partial charge in [0.1, 0.15) is 0 Å². The van der Waals surface area contributed by atoms with Crippen LogP contribution in [0.1, 0.15) is 5.69 Å². The second kappa shape index (κ2) is 4.25. The summed E-state index contributed by atoms with van der Waals surface area (Å²) in [5.41, 5.74) is 1.02. The third kappa shape index (κ3) is 1.89. The third-order valence-corrected chi connectivity index (χ3v) is 3.57. The maximum Gasteiger partial charge on any atom is 0.162 e. The highest BCUT2D eigenvalue weighted by molar-refractivity contribution is 9.11. The molecule has 0 atom stereocenters. The Morgan fingerprint density at radius 1 is 1.64 bits per heavy atom. The number of aromatic nitrogens is 1. The molecule has 0 amide bonds. The summed E-state index contributed by atoms with van der Waals surface area (Å²) in [6.45, 7) is 0.762. The summed E-state index contributed by atoms with van der Waals surface area (Å²) in [6, 6.07) is 3.77. The summed E-state index contributed by atoms with van der Waals surface area (Å²) in [5.74, 6) is 0.818. The first-order valence-electron chi connectivity index (χ1n) is 4.15. The minimum atomic E-state index is 0.762. The van der Waals surface area contributed by atoms with Crippen LogP contribution in [0.15, 0.2) is 26.6 Å². The van der Waals surface area contributed by atoms with E-state index in [-0.39, 0.29) is 0 Å². The van der Waals surface area contributed by atoms with Crippen molar-refractivity contribution in [3.05, 3.63) is 27.9 Å². The highest BCUT2D eigenvalue weighted by Crippen LogP contribution is 2.31. The molecule has 3 nitrogen and oxygen atoms in total. The van der Waals surface area contributed by atoms with Gasteiger partial charge in [-0.1, -0.05) is 0 Å². The monoisotopic (exact) mass is 272 g/mol. The third-order valence-electron chi connectivity index (χ3n) is 1.73. The van der Waals surface area contributed by atoms with Gasteiger partial charge >= 0.3 is 0 Å². The van der Waals surface area contributed by atoms with E-state index in [0.29, 0.717) is 0 Å². The topological polar surface area (TPSA) is 38.1 Å². The summed E-state index contributed by atoms with van der Waals surface area (Å²) >= 11 is 5.06. The number of hydrogen-bond donors (Lipinski definition) is 1. The number of nitrogens with one attached hydrogen (secondary N) is 1. The highest BCUT2D eigenvalue weighted by Gasteiger charge is 2.11. The molecule has 5 heteroatoms. The molecule has 0 saturated heterocycles. The Labute approximate surface area is 94.3 Å². The first kappa shape index (κ1) is 9.89. The van der Waals surface area contributed by atoms with Gasteiger partial charge in [-0.3, -0.25) is 0 Å². The maximum absolute atomic E-state index is 5.27. The first-order valence-corrected chi connectivity index (χ1v) is 5.76. The van der Waals surface area contributed by atoms with E-state index in [9.17, 15) is 0 Å². The van der Waals surface area contributed by atoms with E-state index < -0.39 is 0 Å². The molecular weight excluding hydrogens is 264 g/mol. The van der Waals surface area contributed by atoms with Gasteiger partial charge in [-0.15, -0.1) is 11.3 Å². The van der Waals surface area contributed by atoms with Gasteiger partial charge in [-0.05, 0) is 35.1 Å². The second-order valence-electron chi connectivity index (χ2n) is 2.75. The van der Waals surface area contributed by atoms with E-state index in [1.54, 1.807) is 17.6 Å². The zero-order valence-corrected chi connectivity index (χ0v) is 9.98. The Kier molecular flexibility index (Phi) is 3.00. The van der Waals surface area contributed by atoms with Crippen molar-refractivity contribution in [2.45, 2.75) is 6.54 Å².